The summed E-state index contributed by atoms with van der Waals surface area (Å²) >= 11 is 5.83. The van der Waals surface area contributed by atoms with Gasteiger partial charge in [0.15, 0.2) is 0 Å². The highest BCUT2D eigenvalue weighted by Gasteiger charge is 2.37. The maximum atomic E-state index is 12.2. The summed E-state index contributed by atoms with van der Waals surface area (Å²) in [6.45, 7) is -2.94. The Morgan fingerprint density at radius 1 is 1.12 bits per heavy atom. The van der Waals surface area contributed by atoms with Crippen molar-refractivity contribution in [2.45, 2.75) is 43.8 Å². The molecule has 0 heterocycles. The van der Waals surface area contributed by atoms with Crippen LogP contribution in [0, 0.1) is 0 Å². The van der Waals surface area contributed by atoms with Crippen LogP contribution in [0.5, 0.6) is 0 Å². The molecule has 0 fully saturated rings. The molecular weight excluding hydrogens is 356 g/mol. The van der Waals surface area contributed by atoms with Crippen molar-refractivity contribution >= 4 is 11.6 Å². The van der Waals surface area contributed by atoms with Crippen LogP contribution >= 0.6 is 11.6 Å². The molecule has 0 bridgehead atoms. The molecule has 0 saturated heterocycles. The molecule has 0 unspecified atom stereocenters. The normalized spacial score (nSPS) is 26.8. The van der Waals surface area contributed by atoms with Crippen LogP contribution in [0.4, 0.5) is 8.78 Å². The standard InChI is InChI=1S/C17H22ClF2NO4/c18-12-5-3-10(4-6-12)2-1-7-21-13-8-11(9-25-17(19)20)14(22)16(24)15(13)23/h3-6,8,13-17,21-24H,1-2,7,9H2/t13-,14+,15+,16+/m1/s1. The molecule has 4 N–H and O–H groups in total. The minimum Gasteiger partial charge on any atom is -0.388 e. The van der Waals surface area contributed by atoms with Gasteiger partial charge in [-0.05, 0) is 42.7 Å². The zero-order valence-electron chi connectivity index (χ0n) is 13.5. The zero-order valence-corrected chi connectivity index (χ0v) is 14.2. The van der Waals surface area contributed by atoms with Crippen LogP contribution in [-0.4, -0.2) is 59.4 Å². The number of aliphatic hydroxyl groups is 3. The van der Waals surface area contributed by atoms with Gasteiger partial charge < -0.3 is 25.4 Å². The second-order valence-electron chi connectivity index (χ2n) is 5.95. The van der Waals surface area contributed by atoms with Crippen molar-refractivity contribution in [3.8, 4) is 0 Å². The SMILES string of the molecule is O[C@@H]1[C@@H](O)[C@@H](O)C(COC(F)F)=C[C@H]1NCCCc1ccc(Cl)cc1. The largest absolute Gasteiger partial charge is 0.388 e. The van der Waals surface area contributed by atoms with E-state index in [0.717, 1.165) is 18.4 Å². The van der Waals surface area contributed by atoms with E-state index in [4.69, 9.17) is 11.6 Å². The number of aliphatic hydroxyl groups excluding tert-OH is 3. The van der Waals surface area contributed by atoms with Gasteiger partial charge in [0.25, 0.3) is 0 Å². The van der Waals surface area contributed by atoms with Crippen molar-refractivity contribution in [1.82, 2.24) is 5.32 Å². The van der Waals surface area contributed by atoms with Crippen LogP contribution < -0.4 is 5.32 Å². The van der Waals surface area contributed by atoms with Gasteiger partial charge in [-0.3, -0.25) is 0 Å². The fourth-order valence-corrected chi connectivity index (χ4v) is 2.86. The highest BCUT2D eigenvalue weighted by molar-refractivity contribution is 6.30. The molecule has 0 aromatic heterocycles. The van der Waals surface area contributed by atoms with Crippen molar-refractivity contribution in [2.24, 2.45) is 0 Å². The first kappa shape index (κ1) is 20.2. The van der Waals surface area contributed by atoms with Crippen LogP contribution in [0.1, 0.15) is 12.0 Å². The Morgan fingerprint density at radius 2 is 1.80 bits per heavy atom. The van der Waals surface area contributed by atoms with Crippen molar-refractivity contribution < 1.29 is 28.8 Å². The summed E-state index contributed by atoms with van der Waals surface area (Å²) in [7, 11) is 0. The Kier molecular flexibility index (Phi) is 7.74. The molecule has 0 spiro atoms. The second-order valence-corrected chi connectivity index (χ2v) is 6.39. The number of hydrogen-bond donors (Lipinski definition) is 4. The lowest BCUT2D eigenvalue weighted by atomic mass is 9.88. The van der Waals surface area contributed by atoms with Gasteiger partial charge >= 0.3 is 6.61 Å². The minimum atomic E-state index is -2.97. The Balaban J connectivity index is 1.86. The Morgan fingerprint density at radius 3 is 2.44 bits per heavy atom. The first-order valence-electron chi connectivity index (χ1n) is 8.01. The predicted octanol–water partition coefficient (Wildman–Crippen LogP) is 1.49. The van der Waals surface area contributed by atoms with E-state index in [1.165, 1.54) is 6.08 Å². The Hall–Kier alpha value is -1.09. The lowest BCUT2D eigenvalue weighted by Gasteiger charge is -2.35. The number of benzene rings is 1. The van der Waals surface area contributed by atoms with Crippen molar-refractivity contribution in [2.75, 3.05) is 13.2 Å². The number of nitrogens with one attached hydrogen (secondary N) is 1. The lowest BCUT2D eigenvalue weighted by molar-refractivity contribution is -0.129. The molecule has 1 aromatic carbocycles. The van der Waals surface area contributed by atoms with Crippen LogP contribution in [-0.2, 0) is 11.2 Å². The number of hydrogen-bond acceptors (Lipinski definition) is 5. The Bertz CT molecular complexity index is 570. The highest BCUT2D eigenvalue weighted by Crippen LogP contribution is 2.21. The highest BCUT2D eigenvalue weighted by atomic mass is 35.5. The maximum absolute atomic E-state index is 12.2. The number of rotatable bonds is 8. The lowest BCUT2D eigenvalue weighted by Crippen LogP contribution is -2.54. The fourth-order valence-electron chi connectivity index (χ4n) is 2.73. The average Bonchev–Trinajstić information content (AvgIpc) is 2.58. The second kappa shape index (κ2) is 9.56. The number of alkyl halides is 2. The first-order valence-corrected chi connectivity index (χ1v) is 8.38. The van der Waals surface area contributed by atoms with E-state index in [1.807, 2.05) is 24.3 Å². The summed E-state index contributed by atoms with van der Waals surface area (Å²) in [4.78, 5) is 0. The summed E-state index contributed by atoms with van der Waals surface area (Å²) in [5.41, 5.74) is 1.24. The topological polar surface area (TPSA) is 82.0 Å². The van der Waals surface area contributed by atoms with Crippen molar-refractivity contribution in [3.63, 3.8) is 0 Å². The summed E-state index contributed by atoms with van der Waals surface area (Å²) in [6, 6.07) is 6.82. The molecule has 0 aliphatic heterocycles. The fraction of sp³-hybridized carbons (Fsp3) is 0.529. The van der Waals surface area contributed by atoms with Gasteiger partial charge in [-0.2, -0.15) is 8.78 Å². The van der Waals surface area contributed by atoms with Gasteiger partial charge in [0.05, 0.1) is 12.6 Å². The molecule has 1 aliphatic rings. The van der Waals surface area contributed by atoms with Crippen molar-refractivity contribution in [3.05, 3.63) is 46.5 Å². The molecule has 1 aromatic rings. The summed E-state index contributed by atoms with van der Waals surface area (Å²) in [6.07, 6.45) is -1.13. The number of ether oxygens (including phenoxy) is 1. The van der Waals surface area contributed by atoms with E-state index < -0.39 is 37.6 Å². The molecule has 140 valence electrons. The smallest absolute Gasteiger partial charge is 0.345 e. The molecule has 0 amide bonds. The van der Waals surface area contributed by atoms with Gasteiger partial charge in [-0.15, -0.1) is 0 Å². The average molecular weight is 378 g/mol. The predicted molar refractivity (Wildman–Crippen MR) is 89.6 cm³/mol. The van der Waals surface area contributed by atoms with Gasteiger partial charge in [0, 0.05) is 5.02 Å². The van der Waals surface area contributed by atoms with Gasteiger partial charge in [-0.1, -0.05) is 29.8 Å². The molecule has 8 heteroatoms. The van der Waals surface area contributed by atoms with Crippen LogP contribution in [0.3, 0.4) is 0 Å². The monoisotopic (exact) mass is 377 g/mol. The molecule has 5 nitrogen and oxygen atoms in total. The van der Waals surface area contributed by atoms with E-state index in [1.54, 1.807) is 0 Å². The molecule has 4 atom stereocenters. The quantitative estimate of drug-likeness (QED) is 0.407. The van der Waals surface area contributed by atoms with Gasteiger partial charge in [0.1, 0.15) is 18.3 Å². The van der Waals surface area contributed by atoms with Crippen LogP contribution in [0.25, 0.3) is 0 Å². The molecule has 25 heavy (non-hydrogen) atoms. The van der Waals surface area contributed by atoms with Gasteiger partial charge in [0.2, 0.25) is 0 Å². The van der Waals surface area contributed by atoms with E-state index in [0.29, 0.717) is 11.6 Å². The molecule has 0 saturated carbocycles. The van der Waals surface area contributed by atoms with E-state index in [-0.39, 0.29) is 5.57 Å². The van der Waals surface area contributed by atoms with E-state index in [9.17, 15) is 24.1 Å². The van der Waals surface area contributed by atoms with E-state index >= 15 is 0 Å². The summed E-state index contributed by atoms with van der Waals surface area (Å²) in [5.74, 6) is 0. The van der Waals surface area contributed by atoms with Crippen LogP contribution in [0.2, 0.25) is 5.02 Å². The zero-order chi connectivity index (χ0) is 18.4. The molecule has 1 aliphatic carbocycles. The molecule has 0 radical (unpaired) electrons. The minimum absolute atomic E-state index is 0.119. The van der Waals surface area contributed by atoms with Crippen molar-refractivity contribution in [1.29, 1.82) is 0 Å². The molecular formula is C17H22ClF2NO4. The third-order valence-electron chi connectivity index (χ3n) is 4.13. The number of halogens is 3. The van der Waals surface area contributed by atoms with E-state index in [2.05, 4.69) is 10.1 Å². The third-order valence-corrected chi connectivity index (χ3v) is 4.38. The Labute approximate surface area is 149 Å². The maximum Gasteiger partial charge on any atom is 0.345 e. The van der Waals surface area contributed by atoms with Crippen LogP contribution in [0.15, 0.2) is 35.9 Å². The van der Waals surface area contributed by atoms with Gasteiger partial charge in [-0.25, -0.2) is 0 Å². The summed E-state index contributed by atoms with van der Waals surface area (Å²) < 4.78 is 28.5. The molecule has 2 rings (SSSR count). The first-order chi connectivity index (χ1) is 11.9. The number of aryl methyl sites for hydroxylation is 1. The summed E-state index contributed by atoms with van der Waals surface area (Å²) in [5, 5.41) is 33.5. The third kappa shape index (κ3) is 5.99.